The van der Waals surface area contributed by atoms with Crippen LogP contribution in [0.3, 0.4) is 0 Å². The number of imidazole rings is 1. The minimum atomic E-state index is -5.60. The number of carboxylic acids is 1. The number of thioether (sulfide) groups is 1. The first kappa shape index (κ1) is 57.1. The molecule has 2 amide bonds. The summed E-state index contributed by atoms with van der Waals surface area (Å²) < 4.78 is 62.3. The number of nitrogen functional groups attached to an aromatic ring is 1. The third kappa shape index (κ3) is 20.1. The van der Waals surface area contributed by atoms with Crippen molar-refractivity contribution in [2.45, 2.75) is 115 Å². The van der Waals surface area contributed by atoms with Crippen molar-refractivity contribution < 1.29 is 95.5 Å². The summed E-state index contributed by atoms with van der Waals surface area (Å²) in [5.74, 6) is -2.13. The number of carboxylic acid groups (broad SMARTS) is 1. The number of carbonyl (C=O) groups excluding carboxylic acids is 3. The van der Waals surface area contributed by atoms with Crippen molar-refractivity contribution in [1.29, 1.82) is 0 Å². The molecule has 8 atom stereocenters. The summed E-state index contributed by atoms with van der Waals surface area (Å²) in [6, 6.07) is 0. The largest absolute Gasteiger partial charge is 0.481 e. The molecule has 12 N–H and O–H groups in total. The van der Waals surface area contributed by atoms with Crippen LogP contribution in [-0.2, 0) is 55.5 Å². The number of hydrogen-bond donors (Lipinski definition) is 11. The number of hydrogen-bond acceptors (Lipinski definition) is 20. The van der Waals surface area contributed by atoms with Crippen LogP contribution in [0.25, 0.3) is 11.2 Å². The number of aromatic nitrogens is 4. The molecular weight excluding hydrogens is 963 g/mol. The van der Waals surface area contributed by atoms with Crippen LogP contribution in [0.15, 0.2) is 24.8 Å². The number of phosphoric ester groups is 3. The molecular formula is C35H58N7O20P3S. The summed E-state index contributed by atoms with van der Waals surface area (Å²) in [5.41, 5.74) is 4.22. The first-order chi connectivity index (χ1) is 30.8. The van der Waals surface area contributed by atoms with E-state index < -0.39 is 96.6 Å². The standard InChI is InChI=1S/C35H58N7O20P3S/c1-35(2,30(49)33(50)38-14-13-24(44)37-15-16-66-26(47)17-22(43)11-9-7-5-3-4-6-8-10-12-25(45)46)19-59-65(56,57)62-64(54,55)58-18-23-29(61-63(51,52)53)28(48)34(60-23)42-21-41-27-31(36)39-20-40-32(27)42/h4,6,20-23,28-30,34,43,48-49H,3,5,7-19H2,1-2H3,(H,37,44)(H,38,50)(H,45,46)(H,54,55)(H,56,57)(H2,36,39,40)(H2,51,52,53)/b6-4+. The van der Waals surface area contributed by atoms with Gasteiger partial charge in [-0.15, -0.1) is 0 Å². The maximum Gasteiger partial charge on any atom is 0.481 e. The van der Waals surface area contributed by atoms with E-state index in [0.717, 1.165) is 54.7 Å². The molecule has 66 heavy (non-hydrogen) atoms. The van der Waals surface area contributed by atoms with Crippen molar-refractivity contribution in [1.82, 2.24) is 30.2 Å². The summed E-state index contributed by atoms with van der Waals surface area (Å²) in [7, 11) is -16.5. The fourth-order valence-corrected chi connectivity index (χ4v) is 9.65. The van der Waals surface area contributed by atoms with Crippen molar-refractivity contribution in [3.05, 3.63) is 24.8 Å². The van der Waals surface area contributed by atoms with Crippen LogP contribution in [0.5, 0.6) is 0 Å². The SMILES string of the molecule is CC(C)(COP(=O)(O)OP(=O)(O)OCC1OC(n2cnc3c(N)ncnc32)C(O)C1OP(=O)(O)O)C(O)C(=O)NCCC(=O)NCCSC(=O)CC(O)CCCCC/C=C/CCCC(=O)O. The summed E-state index contributed by atoms with van der Waals surface area (Å²) in [6.45, 7) is 0.287. The molecule has 2 aromatic heterocycles. The van der Waals surface area contributed by atoms with Crippen molar-refractivity contribution in [2.24, 2.45) is 5.41 Å². The number of anilines is 1. The summed E-state index contributed by atoms with van der Waals surface area (Å²) >= 11 is 0.951. The second-order valence-electron chi connectivity index (χ2n) is 15.5. The van der Waals surface area contributed by atoms with Gasteiger partial charge in [-0.1, -0.05) is 50.6 Å². The fourth-order valence-electron chi connectivity index (χ4n) is 6.07. The van der Waals surface area contributed by atoms with Gasteiger partial charge in [-0.3, -0.25) is 37.3 Å². The van der Waals surface area contributed by atoms with Crippen LogP contribution in [-0.4, -0.2) is 145 Å². The molecule has 1 saturated heterocycles. The smallest absolute Gasteiger partial charge is 0.481 e. The van der Waals surface area contributed by atoms with E-state index in [0.29, 0.717) is 19.3 Å². The highest BCUT2D eigenvalue weighted by Gasteiger charge is 2.50. The lowest BCUT2D eigenvalue weighted by molar-refractivity contribution is -0.137. The molecule has 1 fully saturated rings. The number of nitrogens with two attached hydrogens (primary N) is 1. The molecule has 0 aromatic carbocycles. The van der Waals surface area contributed by atoms with Crippen LogP contribution in [0.4, 0.5) is 5.82 Å². The fraction of sp³-hybridized carbons (Fsp3) is 0.686. The quantitative estimate of drug-likeness (QED) is 0.0287. The number of aliphatic carboxylic acids is 1. The Morgan fingerprint density at radius 3 is 2.32 bits per heavy atom. The van der Waals surface area contributed by atoms with E-state index in [1.54, 1.807) is 0 Å². The zero-order valence-corrected chi connectivity index (χ0v) is 39.5. The monoisotopic (exact) mass is 1020 g/mol. The number of nitrogens with zero attached hydrogens (tertiary/aromatic N) is 4. The second kappa shape index (κ2) is 26.5. The first-order valence-electron chi connectivity index (χ1n) is 20.4. The molecule has 0 bridgehead atoms. The number of unbranched alkanes of at least 4 members (excludes halogenated alkanes) is 4. The number of amides is 2. The topological polar surface area (TPSA) is 421 Å². The average Bonchev–Trinajstić information content (AvgIpc) is 3.78. The van der Waals surface area contributed by atoms with E-state index in [9.17, 15) is 67.8 Å². The molecule has 0 spiro atoms. The number of fused-ring (bicyclic) bond motifs is 1. The maximum atomic E-state index is 12.7. The van der Waals surface area contributed by atoms with E-state index in [1.807, 2.05) is 12.2 Å². The van der Waals surface area contributed by atoms with Gasteiger partial charge in [0.05, 0.1) is 25.6 Å². The molecule has 374 valence electrons. The van der Waals surface area contributed by atoms with E-state index in [-0.39, 0.29) is 60.2 Å². The molecule has 0 aliphatic carbocycles. The van der Waals surface area contributed by atoms with E-state index in [4.69, 9.17) is 24.6 Å². The average molecular weight is 1020 g/mol. The molecule has 8 unspecified atom stereocenters. The highest BCUT2D eigenvalue weighted by molar-refractivity contribution is 8.13. The van der Waals surface area contributed by atoms with Gasteiger partial charge in [0.15, 0.2) is 22.8 Å². The third-order valence-corrected chi connectivity index (χ3v) is 13.5. The summed E-state index contributed by atoms with van der Waals surface area (Å²) in [6.07, 6.45) is 1.37. The van der Waals surface area contributed by atoms with Gasteiger partial charge in [0, 0.05) is 43.5 Å². The summed E-state index contributed by atoms with van der Waals surface area (Å²) in [4.78, 5) is 98.7. The van der Waals surface area contributed by atoms with Gasteiger partial charge in [0.25, 0.3) is 0 Å². The number of phosphoric acid groups is 3. The van der Waals surface area contributed by atoms with Crippen LogP contribution in [0.2, 0.25) is 0 Å². The molecule has 31 heteroatoms. The zero-order valence-electron chi connectivity index (χ0n) is 36.0. The number of rotatable bonds is 31. The lowest BCUT2D eigenvalue weighted by Gasteiger charge is -2.30. The van der Waals surface area contributed by atoms with E-state index >= 15 is 0 Å². The van der Waals surface area contributed by atoms with Gasteiger partial charge < -0.3 is 61.1 Å². The Bertz CT molecular complexity index is 2110. The van der Waals surface area contributed by atoms with Gasteiger partial charge in [-0.05, 0) is 32.1 Å². The molecule has 3 heterocycles. The van der Waals surface area contributed by atoms with Crippen LogP contribution in [0.1, 0.15) is 84.3 Å². The number of aliphatic hydroxyl groups is 3. The number of ether oxygens (including phenoxy) is 1. The number of aliphatic hydroxyl groups excluding tert-OH is 3. The molecule has 0 radical (unpaired) electrons. The van der Waals surface area contributed by atoms with E-state index in [2.05, 4.69) is 34.4 Å². The first-order valence-corrected chi connectivity index (χ1v) is 25.9. The Kier molecular flexibility index (Phi) is 22.9. The Labute approximate surface area is 382 Å². The predicted octanol–water partition coefficient (Wildman–Crippen LogP) is 1.18. The maximum absolute atomic E-state index is 12.7. The van der Waals surface area contributed by atoms with Gasteiger partial charge in [0.2, 0.25) is 11.8 Å². The predicted molar refractivity (Wildman–Crippen MR) is 231 cm³/mol. The van der Waals surface area contributed by atoms with Gasteiger partial charge in [-0.25, -0.2) is 28.6 Å². The Morgan fingerprint density at radius 2 is 1.64 bits per heavy atom. The summed E-state index contributed by atoms with van der Waals surface area (Å²) in [5, 5.41) is 45.0. The van der Waals surface area contributed by atoms with Gasteiger partial charge in [0.1, 0.15) is 36.3 Å². The van der Waals surface area contributed by atoms with Crippen molar-refractivity contribution in [3.8, 4) is 0 Å². The highest BCUT2D eigenvalue weighted by atomic mass is 32.2. The van der Waals surface area contributed by atoms with Crippen molar-refractivity contribution in [3.63, 3.8) is 0 Å². The second-order valence-corrected chi connectivity index (χ2v) is 20.9. The minimum Gasteiger partial charge on any atom is -0.481 e. The van der Waals surface area contributed by atoms with Crippen LogP contribution in [0, 0.1) is 5.41 Å². The number of nitrogens with one attached hydrogen (secondary N) is 2. The van der Waals surface area contributed by atoms with Crippen molar-refractivity contribution >= 4 is 75.1 Å². The Morgan fingerprint density at radius 1 is 0.955 bits per heavy atom. The number of carbonyl (C=O) groups is 4. The molecule has 27 nitrogen and oxygen atoms in total. The van der Waals surface area contributed by atoms with Crippen LogP contribution >= 0.6 is 35.2 Å². The Hall–Kier alpha value is -3.27. The molecule has 0 saturated carbocycles. The molecule has 3 rings (SSSR count). The molecule has 1 aliphatic rings. The zero-order chi connectivity index (χ0) is 49.3. The minimum absolute atomic E-state index is 0.0204. The Balaban J connectivity index is 1.35. The third-order valence-electron chi connectivity index (χ3n) is 9.50. The van der Waals surface area contributed by atoms with Crippen molar-refractivity contribution in [2.75, 3.05) is 37.8 Å². The van der Waals surface area contributed by atoms with E-state index in [1.165, 1.54) is 13.8 Å². The number of allylic oxidation sites excluding steroid dienone is 2. The normalized spacial score (nSPS) is 20.7. The molecule has 2 aromatic rings. The highest BCUT2D eigenvalue weighted by Crippen LogP contribution is 2.61. The van der Waals surface area contributed by atoms with Crippen LogP contribution < -0.4 is 16.4 Å². The molecule has 1 aliphatic heterocycles. The lowest BCUT2D eigenvalue weighted by Crippen LogP contribution is -2.46. The van der Waals surface area contributed by atoms with Gasteiger partial charge >= 0.3 is 29.4 Å². The lowest BCUT2D eigenvalue weighted by atomic mass is 9.87. The van der Waals surface area contributed by atoms with Gasteiger partial charge in [-0.2, -0.15) is 4.31 Å².